The van der Waals surface area contributed by atoms with Crippen molar-refractivity contribution >= 4 is 29.4 Å². The maximum Gasteiger partial charge on any atom is 0.326 e. The third-order valence-electron chi connectivity index (χ3n) is 3.23. The van der Waals surface area contributed by atoms with Crippen LogP contribution in [-0.4, -0.2) is 39.0 Å². The zero-order chi connectivity index (χ0) is 14.9. The molecule has 1 aliphatic rings. The predicted molar refractivity (Wildman–Crippen MR) is 69.6 cm³/mol. The summed E-state index contributed by atoms with van der Waals surface area (Å²) in [6.45, 7) is 0.0877. The normalized spacial score (nSPS) is 15.1. The lowest BCUT2D eigenvalue weighted by molar-refractivity contribution is -0.143. The van der Waals surface area contributed by atoms with Gasteiger partial charge in [0.1, 0.15) is 6.04 Å². The highest BCUT2D eigenvalue weighted by Gasteiger charge is 2.37. The number of nitrogens with zero attached hydrogens (tertiary/aromatic N) is 1. The standard InChI is InChI=1S/C13H12ClNO5/c14-9-3-1-2-7-8(9)6-15(12(7)18)10(13(19)20)4-5-11(16)17/h1-3,10H,4-6H2,(H,16,17)(H,19,20). The minimum Gasteiger partial charge on any atom is -0.481 e. The number of hydrogen-bond acceptors (Lipinski definition) is 3. The lowest BCUT2D eigenvalue weighted by Gasteiger charge is -2.23. The predicted octanol–water partition coefficient (Wildman–Crippen LogP) is 1.61. The molecule has 1 aliphatic heterocycles. The van der Waals surface area contributed by atoms with E-state index in [4.69, 9.17) is 16.7 Å². The molecule has 20 heavy (non-hydrogen) atoms. The van der Waals surface area contributed by atoms with Crippen LogP contribution in [0.15, 0.2) is 18.2 Å². The molecule has 0 fully saturated rings. The Morgan fingerprint density at radius 2 is 2.05 bits per heavy atom. The summed E-state index contributed by atoms with van der Waals surface area (Å²) in [5.41, 5.74) is 0.958. The van der Waals surface area contributed by atoms with Crippen LogP contribution < -0.4 is 0 Å². The first kappa shape index (κ1) is 14.3. The lowest BCUT2D eigenvalue weighted by atomic mass is 10.1. The van der Waals surface area contributed by atoms with Gasteiger partial charge < -0.3 is 15.1 Å². The topological polar surface area (TPSA) is 94.9 Å². The summed E-state index contributed by atoms with van der Waals surface area (Å²) in [7, 11) is 0. The summed E-state index contributed by atoms with van der Waals surface area (Å²) in [5, 5.41) is 18.2. The number of carbonyl (C=O) groups excluding carboxylic acids is 1. The van der Waals surface area contributed by atoms with Gasteiger partial charge in [0.2, 0.25) is 0 Å². The third-order valence-corrected chi connectivity index (χ3v) is 3.59. The van der Waals surface area contributed by atoms with Crippen molar-refractivity contribution in [3.63, 3.8) is 0 Å². The van der Waals surface area contributed by atoms with Gasteiger partial charge in [-0.1, -0.05) is 17.7 Å². The molecular formula is C13H12ClNO5. The number of aliphatic carboxylic acids is 2. The number of rotatable bonds is 5. The Labute approximate surface area is 119 Å². The first-order chi connectivity index (χ1) is 9.41. The minimum absolute atomic E-state index is 0.0877. The molecule has 0 aliphatic carbocycles. The van der Waals surface area contributed by atoms with Crippen molar-refractivity contribution < 1.29 is 24.6 Å². The van der Waals surface area contributed by atoms with Crippen LogP contribution in [0, 0.1) is 0 Å². The van der Waals surface area contributed by atoms with Crippen LogP contribution in [-0.2, 0) is 16.1 Å². The largest absolute Gasteiger partial charge is 0.481 e. The Kier molecular flexibility index (Phi) is 3.94. The molecule has 1 aromatic carbocycles. The van der Waals surface area contributed by atoms with Gasteiger partial charge in [0.25, 0.3) is 5.91 Å². The molecule has 1 heterocycles. The first-order valence-electron chi connectivity index (χ1n) is 5.94. The molecule has 0 saturated heterocycles. The van der Waals surface area contributed by atoms with Crippen molar-refractivity contribution in [3.8, 4) is 0 Å². The van der Waals surface area contributed by atoms with Crippen LogP contribution in [0.25, 0.3) is 0 Å². The molecule has 0 radical (unpaired) electrons. The summed E-state index contributed by atoms with van der Waals surface area (Å²) < 4.78 is 0. The number of carbonyl (C=O) groups is 3. The van der Waals surface area contributed by atoms with Gasteiger partial charge >= 0.3 is 11.9 Å². The van der Waals surface area contributed by atoms with Crippen LogP contribution in [0.4, 0.5) is 0 Å². The second-order valence-corrected chi connectivity index (χ2v) is 4.89. The Morgan fingerprint density at radius 3 is 2.60 bits per heavy atom. The van der Waals surface area contributed by atoms with Gasteiger partial charge in [0, 0.05) is 29.1 Å². The van der Waals surface area contributed by atoms with Gasteiger partial charge in [0.15, 0.2) is 0 Å². The second kappa shape index (κ2) is 5.50. The van der Waals surface area contributed by atoms with E-state index in [9.17, 15) is 19.5 Å². The average Bonchev–Trinajstić information content (AvgIpc) is 2.69. The summed E-state index contributed by atoms with van der Waals surface area (Å²) in [6.07, 6.45) is -0.452. The molecule has 0 spiro atoms. The summed E-state index contributed by atoms with van der Waals surface area (Å²) in [5.74, 6) is -2.75. The quantitative estimate of drug-likeness (QED) is 0.861. The molecule has 0 bridgehead atoms. The molecule has 2 N–H and O–H groups in total. The van der Waals surface area contributed by atoms with Crippen molar-refractivity contribution in [2.24, 2.45) is 0 Å². The van der Waals surface area contributed by atoms with E-state index >= 15 is 0 Å². The summed E-state index contributed by atoms with van der Waals surface area (Å²) in [4.78, 5) is 35.2. The van der Waals surface area contributed by atoms with E-state index < -0.39 is 23.9 Å². The molecule has 106 valence electrons. The van der Waals surface area contributed by atoms with Gasteiger partial charge in [-0.3, -0.25) is 9.59 Å². The van der Waals surface area contributed by atoms with Gasteiger partial charge in [-0.15, -0.1) is 0 Å². The van der Waals surface area contributed by atoms with E-state index in [-0.39, 0.29) is 19.4 Å². The zero-order valence-corrected chi connectivity index (χ0v) is 11.1. The molecule has 0 saturated carbocycles. The molecule has 1 unspecified atom stereocenters. The van der Waals surface area contributed by atoms with Crippen molar-refractivity contribution in [1.29, 1.82) is 0 Å². The van der Waals surface area contributed by atoms with E-state index in [2.05, 4.69) is 0 Å². The highest BCUT2D eigenvalue weighted by molar-refractivity contribution is 6.32. The molecular weight excluding hydrogens is 286 g/mol. The molecule has 0 aromatic heterocycles. The first-order valence-corrected chi connectivity index (χ1v) is 6.32. The molecule has 1 aromatic rings. The fourth-order valence-corrected chi connectivity index (χ4v) is 2.48. The van der Waals surface area contributed by atoms with E-state index in [1.54, 1.807) is 18.2 Å². The number of hydrogen-bond donors (Lipinski definition) is 2. The van der Waals surface area contributed by atoms with Crippen molar-refractivity contribution in [2.45, 2.75) is 25.4 Å². The maximum absolute atomic E-state index is 12.2. The van der Waals surface area contributed by atoms with Crippen LogP contribution in [0.5, 0.6) is 0 Å². The number of carboxylic acid groups (broad SMARTS) is 2. The summed E-state index contributed by atoms with van der Waals surface area (Å²) in [6, 6.07) is 3.67. The Morgan fingerprint density at radius 1 is 1.35 bits per heavy atom. The highest BCUT2D eigenvalue weighted by atomic mass is 35.5. The monoisotopic (exact) mass is 297 g/mol. The average molecular weight is 298 g/mol. The van der Waals surface area contributed by atoms with Crippen LogP contribution in [0.2, 0.25) is 5.02 Å². The molecule has 1 amide bonds. The van der Waals surface area contributed by atoms with Gasteiger partial charge in [-0.2, -0.15) is 0 Å². The van der Waals surface area contributed by atoms with Crippen LogP contribution in [0.3, 0.4) is 0 Å². The number of fused-ring (bicyclic) bond motifs is 1. The smallest absolute Gasteiger partial charge is 0.326 e. The fourth-order valence-electron chi connectivity index (χ4n) is 2.24. The third kappa shape index (κ3) is 2.60. The Balaban J connectivity index is 2.25. The SMILES string of the molecule is O=C(O)CCC(C(=O)O)N1Cc2c(Cl)cccc2C1=O. The van der Waals surface area contributed by atoms with Crippen molar-refractivity contribution in [2.75, 3.05) is 0 Å². The van der Waals surface area contributed by atoms with Gasteiger partial charge in [-0.05, 0) is 18.6 Å². The van der Waals surface area contributed by atoms with E-state index in [1.807, 2.05) is 0 Å². The van der Waals surface area contributed by atoms with E-state index in [0.717, 1.165) is 4.90 Å². The van der Waals surface area contributed by atoms with Gasteiger partial charge in [-0.25, -0.2) is 4.79 Å². The minimum atomic E-state index is -1.22. The Bertz CT molecular complexity index is 586. The van der Waals surface area contributed by atoms with E-state index in [0.29, 0.717) is 16.1 Å². The van der Waals surface area contributed by atoms with Crippen LogP contribution in [0.1, 0.15) is 28.8 Å². The number of amides is 1. The highest BCUT2D eigenvalue weighted by Crippen LogP contribution is 2.31. The zero-order valence-electron chi connectivity index (χ0n) is 10.4. The van der Waals surface area contributed by atoms with Crippen molar-refractivity contribution in [3.05, 3.63) is 34.3 Å². The number of halogens is 1. The fraction of sp³-hybridized carbons (Fsp3) is 0.308. The second-order valence-electron chi connectivity index (χ2n) is 4.49. The summed E-state index contributed by atoms with van der Waals surface area (Å²) >= 11 is 5.99. The van der Waals surface area contributed by atoms with Crippen molar-refractivity contribution in [1.82, 2.24) is 4.90 Å². The number of carboxylic acids is 2. The van der Waals surface area contributed by atoms with Crippen LogP contribution >= 0.6 is 11.6 Å². The Hall–Kier alpha value is -2.08. The van der Waals surface area contributed by atoms with Gasteiger partial charge in [0.05, 0.1) is 0 Å². The molecule has 1 atom stereocenters. The lowest BCUT2D eigenvalue weighted by Crippen LogP contribution is -2.41. The molecule has 6 nitrogen and oxygen atoms in total. The molecule has 2 rings (SSSR count). The number of benzene rings is 1. The molecule has 7 heteroatoms. The maximum atomic E-state index is 12.2. The van der Waals surface area contributed by atoms with E-state index in [1.165, 1.54) is 0 Å².